The molecule has 0 radical (unpaired) electrons. The number of carboxylic acids is 1. The number of nitrogens with zero attached hydrogens (tertiary/aromatic N) is 2. The van der Waals surface area contributed by atoms with E-state index in [1.54, 1.807) is 19.2 Å². The Bertz CT molecular complexity index is 2430. The molecular formula is C47H47N5O8. The third-order valence-electron chi connectivity index (χ3n) is 11.9. The maximum Gasteiger partial charge on any atom is 0.330 e. The van der Waals surface area contributed by atoms with Crippen LogP contribution in [-0.2, 0) is 27.2 Å². The Labute approximate surface area is 347 Å². The van der Waals surface area contributed by atoms with Gasteiger partial charge in [-0.15, -0.1) is 6.58 Å². The molecule has 13 nitrogen and oxygen atoms in total. The molecule has 4 aromatic carbocycles. The number of fused-ring (bicyclic) bond motifs is 2. The van der Waals surface area contributed by atoms with Crippen LogP contribution in [0, 0.1) is 5.92 Å². The minimum absolute atomic E-state index is 0.0281. The van der Waals surface area contributed by atoms with Crippen LogP contribution in [0.15, 0.2) is 122 Å². The maximum atomic E-state index is 14.5. The number of aryl methyl sites for hydroxylation is 1. The number of pyridine rings is 1. The zero-order valence-electron chi connectivity index (χ0n) is 33.1. The normalized spacial score (nSPS) is 23.2. The van der Waals surface area contributed by atoms with Gasteiger partial charge in [0.15, 0.2) is 0 Å². The number of hydrogen-bond acceptors (Lipinski definition) is 8. The minimum atomic E-state index is -1.54. The van der Waals surface area contributed by atoms with Crippen LogP contribution in [0.1, 0.15) is 42.0 Å². The number of ether oxygens (including phenoxy) is 2. The average Bonchev–Trinajstić information content (AvgIpc) is 3.68. The van der Waals surface area contributed by atoms with Gasteiger partial charge in [0, 0.05) is 41.8 Å². The molecule has 5 N–H and O–H groups in total. The molecule has 7 atom stereocenters. The number of likely N-dealkylation sites (tertiary alicyclic amines) is 1. The van der Waals surface area contributed by atoms with Crippen molar-refractivity contribution < 1.29 is 38.9 Å². The van der Waals surface area contributed by atoms with Gasteiger partial charge in [-0.05, 0) is 48.1 Å². The van der Waals surface area contributed by atoms with Crippen LogP contribution >= 0.6 is 0 Å². The Balaban J connectivity index is 1.09. The van der Waals surface area contributed by atoms with Gasteiger partial charge in [0.25, 0.3) is 0 Å². The van der Waals surface area contributed by atoms with Crippen molar-refractivity contribution in [1.82, 2.24) is 25.8 Å². The van der Waals surface area contributed by atoms with Crippen molar-refractivity contribution in [1.29, 1.82) is 0 Å². The molecule has 5 aromatic rings. The second-order valence-electron chi connectivity index (χ2n) is 15.7. The summed E-state index contributed by atoms with van der Waals surface area (Å²) in [6.07, 6.45) is 1.18. The van der Waals surface area contributed by atoms with E-state index in [1.165, 1.54) is 11.0 Å². The first-order valence-electron chi connectivity index (χ1n) is 20.1. The predicted octanol–water partition coefficient (Wildman–Crippen LogP) is 5.36. The summed E-state index contributed by atoms with van der Waals surface area (Å²) in [5.41, 5.74) is 3.27. The molecule has 0 bridgehead atoms. The standard InChI is InChI=1S/C47H47N5O8/c1-3-31-26-47(31,45(56)57)51-44(55)39-24-33(60-41-25-37(29-14-8-5-9-15-29)48-38-23-32(59-2)19-20-35(38)41)27-52(39)46(58)49-36(21-18-28-12-6-4-7-13-28)43(54)50-42-34-17-11-10-16-30(34)22-40(42)53/h3-17,19-20,23,25,31,33,36,39-40,42,53H,1,18,21-22,24,26-27H2,2H3,(H,49,58)(H,50,54)(H,51,55)(H,56,57)/t31-,33-,36+,39+,40-,42+,47-/m1/s1. The van der Waals surface area contributed by atoms with Crippen molar-refractivity contribution in [3.63, 3.8) is 0 Å². The highest BCUT2D eigenvalue weighted by Gasteiger charge is 2.61. The summed E-state index contributed by atoms with van der Waals surface area (Å²) in [5, 5.41) is 30.4. The fourth-order valence-electron chi connectivity index (χ4n) is 8.47. The third-order valence-corrected chi connectivity index (χ3v) is 11.9. The fraction of sp³-hybridized carbons (Fsp3) is 0.298. The van der Waals surface area contributed by atoms with Crippen molar-refractivity contribution in [2.75, 3.05) is 13.7 Å². The highest BCUT2D eigenvalue weighted by molar-refractivity contribution is 5.95. The average molecular weight is 810 g/mol. The van der Waals surface area contributed by atoms with Crippen molar-refractivity contribution in [3.8, 4) is 22.8 Å². The molecule has 3 aliphatic rings. The van der Waals surface area contributed by atoms with Gasteiger partial charge in [-0.2, -0.15) is 0 Å². The molecule has 60 heavy (non-hydrogen) atoms. The molecule has 0 unspecified atom stereocenters. The molecule has 4 amide bonds. The molecule has 13 heteroatoms. The van der Waals surface area contributed by atoms with Crippen LogP contribution in [0.3, 0.4) is 0 Å². The lowest BCUT2D eigenvalue weighted by Crippen LogP contribution is -2.57. The number of carboxylic acid groups (broad SMARTS) is 1. The number of aliphatic carboxylic acids is 1. The molecule has 1 saturated heterocycles. The summed E-state index contributed by atoms with van der Waals surface area (Å²) in [5.74, 6) is -1.74. The largest absolute Gasteiger partial charge is 0.497 e. The molecule has 2 aliphatic carbocycles. The van der Waals surface area contributed by atoms with Gasteiger partial charge in [0.2, 0.25) is 11.8 Å². The summed E-state index contributed by atoms with van der Waals surface area (Å²) in [6, 6.07) is 30.3. The molecule has 2 fully saturated rings. The van der Waals surface area contributed by atoms with Gasteiger partial charge in [0.05, 0.1) is 37.0 Å². The lowest BCUT2D eigenvalue weighted by molar-refractivity contribution is -0.144. The first-order chi connectivity index (χ1) is 29.1. The van der Waals surface area contributed by atoms with Crippen LogP contribution in [-0.4, -0.2) is 87.4 Å². The van der Waals surface area contributed by atoms with E-state index in [0.29, 0.717) is 40.9 Å². The van der Waals surface area contributed by atoms with E-state index in [2.05, 4.69) is 22.5 Å². The number of urea groups is 1. The number of aliphatic hydroxyl groups is 1. The lowest BCUT2D eigenvalue weighted by atomic mass is 10.0. The van der Waals surface area contributed by atoms with Crippen LogP contribution < -0.4 is 25.4 Å². The summed E-state index contributed by atoms with van der Waals surface area (Å²) < 4.78 is 12.2. The first kappa shape index (κ1) is 40.1. The van der Waals surface area contributed by atoms with E-state index in [9.17, 15) is 29.4 Å². The number of nitrogens with one attached hydrogen (secondary N) is 3. The molecule has 1 aliphatic heterocycles. The highest BCUT2D eigenvalue weighted by Crippen LogP contribution is 2.45. The van der Waals surface area contributed by atoms with Crippen LogP contribution in [0.25, 0.3) is 22.2 Å². The summed E-state index contributed by atoms with van der Waals surface area (Å²) in [6.45, 7) is 3.68. The van der Waals surface area contributed by atoms with Gasteiger partial charge >= 0.3 is 12.0 Å². The Morgan fingerprint density at radius 3 is 2.43 bits per heavy atom. The zero-order chi connectivity index (χ0) is 42.0. The topological polar surface area (TPSA) is 179 Å². The smallest absolute Gasteiger partial charge is 0.330 e. The second kappa shape index (κ2) is 16.9. The Morgan fingerprint density at radius 1 is 0.983 bits per heavy atom. The molecule has 0 spiro atoms. The number of amides is 4. The third kappa shape index (κ3) is 8.13. The summed E-state index contributed by atoms with van der Waals surface area (Å²) >= 11 is 0. The van der Waals surface area contributed by atoms with E-state index >= 15 is 0 Å². The van der Waals surface area contributed by atoms with Crippen molar-refractivity contribution in [3.05, 3.63) is 139 Å². The van der Waals surface area contributed by atoms with Gasteiger partial charge < -0.3 is 40.5 Å². The fourth-order valence-corrected chi connectivity index (χ4v) is 8.47. The minimum Gasteiger partial charge on any atom is -0.497 e. The molecule has 8 rings (SSSR count). The lowest BCUT2D eigenvalue weighted by Gasteiger charge is -2.29. The van der Waals surface area contributed by atoms with E-state index in [1.807, 2.05) is 97.1 Å². The van der Waals surface area contributed by atoms with Crippen LogP contribution in [0.5, 0.6) is 11.5 Å². The summed E-state index contributed by atoms with van der Waals surface area (Å²) in [4.78, 5) is 61.5. The number of aliphatic hydroxyl groups excluding tert-OH is 1. The molecule has 1 aromatic heterocycles. The van der Waals surface area contributed by atoms with Gasteiger partial charge in [0.1, 0.15) is 35.2 Å². The Morgan fingerprint density at radius 2 is 1.72 bits per heavy atom. The number of hydrogen-bond donors (Lipinski definition) is 5. The molecule has 2 heterocycles. The van der Waals surface area contributed by atoms with Crippen molar-refractivity contribution >= 4 is 34.7 Å². The maximum absolute atomic E-state index is 14.5. The number of methoxy groups -OCH3 is 1. The molecule has 308 valence electrons. The Kier molecular flexibility index (Phi) is 11.3. The van der Waals surface area contributed by atoms with Gasteiger partial charge in [-0.25, -0.2) is 14.6 Å². The monoisotopic (exact) mass is 809 g/mol. The molecule has 1 saturated carbocycles. The van der Waals surface area contributed by atoms with Gasteiger partial charge in [-0.1, -0.05) is 91.0 Å². The van der Waals surface area contributed by atoms with Crippen molar-refractivity contribution in [2.24, 2.45) is 5.92 Å². The number of carbonyl (C=O) groups excluding carboxylic acids is 3. The van der Waals surface area contributed by atoms with Crippen LogP contribution in [0.2, 0.25) is 0 Å². The number of rotatable bonds is 14. The van der Waals surface area contributed by atoms with Crippen molar-refractivity contribution in [2.45, 2.75) is 68.0 Å². The van der Waals surface area contributed by atoms with E-state index < -0.39 is 65.6 Å². The number of benzene rings is 4. The first-order valence-corrected chi connectivity index (χ1v) is 20.1. The SMILES string of the molecule is C=C[C@@H]1C[C@]1(NC(=O)[C@@H]1C[C@@H](Oc2cc(-c3ccccc3)nc3cc(OC)ccc23)CN1C(=O)N[C@@H](CCc1ccccc1)C(=O)N[C@H]1c2ccccc2C[C@H]1O)C(=O)O. The van der Waals surface area contributed by atoms with Gasteiger partial charge in [-0.3, -0.25) is 9.59 Å². The highest BCUT2D eigenvalue weighted by atomic mass is 16.5. The predicted molar refractivity (Wildman–Crippen MR) is 224 cm³/mol. The second-order valence-corrected chi connectivity index (χ2v) is 15.7. The van der Waals surface area contributed by atoms with E-state index in [4.69, 9.17) is 14.5 Å². The quantitative estimate of drug-likeness (QED) is 0.0924. The van der Waals surface area contributed by atoms with E-state index in [-0.39, 0.29) is 25.8 Å². The molecular weight excluding hydrogens is 763 g/mol. The number of aromatic nitrogens is 1. The zero-order valence-corrected chi connectivity index (χ0v) is 33.1. The van der Waals surface area contributed by atoms with Crippen LogP contribution in [0.4, 0.5) is 4.79 Å². The van der Waals surface area contributed by atoms with E-state index in [0.717, 1.165) is 22.3 Å². The Hall–Kier alpha value is -6.73. The number of carbonyl (C=O) groups is 4. The summed E-state index contributed by atoms with van der Waals surface area (Å²) in [7, 11) is 1.57.